The lowest BCUT2D eigenvalue weighted by Gasteiger charge is -2.17. The molecule has 2 unspecified atom stereocenters. The number of carboxylic acid groups (broad SMARTS) is 1. The Bertz CT molecular complexity index is 446. The average Bonchev–Trinajstić information content (AvgIpc) is 2.95. The van der Waals surface area contributed by atoms with E-state index in [9.17, 15) is 4.79 Å². The van der Waals surface area contributed by atoms with Gasteiger partial charge in [0.1, 0.15) is 12.4 Å². The second kappa shape index (κ2) is 8.00. The molecule has 5 nitrogen and oxygen atoms in total. The third-order valence-electron chi connectivity index (χ3n) is 3.80. The van der Waals surface area contributed by atoms with Gasteiger partial charge in [-0.05, 0) is 43.0 Å². The molecule has 1 aromatic carbocycles. The molecule has 0 spiro atoms. The molecule has 0 radical (unpaired) electrons. The van der Waals surface area contributed by atoms with E-state index in [4.69, 9.17) is 14.6 Å². The van der Waals surface area contributed by atoms with E-state index >= 15 is 0 Å². The van der Waals surface area contributed by atoms with Crippen LogP contribution in [0.25, 0.3) is 0 Å². The molecule has 2 rings (SSSR count). The fourth-order valence-corrected chi connectivity index (χ4v) is 2.60. The summed E-state index contributed by atoms with van der Waals surface area (Å²) in [7, 11) is 0. The van der Waals surface area contributed by atoms with Crippen LogP contribution in [0.4, 0.5) is 0 Å². The Morgan fingerprint density at radius 1 is 1.43 bits per heavy atom. The number of benzene rings is 1. The summed E-state index contributed by atoms with van der Waals surface area (Å²) in [6, 6.07) is 6.46. The van der Waals surface area contributed by atoms with Gasteiger partial charge in [-0.15, -0.1) is 0 Å². The van der Waals surface area contributed by atoms with Crippen molar-refractivity contribution in [2.45, 2.75) is 25.9 Å². The van der Waals surface area contributed by atoms with Crippen LogP contribution in [0.3, 0.4) is 0 Å². The first-order chi connectivity index (χ1) is 10.2. The smallest absolute Gasteiger partial charge is 0.335 e. The van der Waals surface area contributed by atoms with E-state index < -0.39 is 5.97 Å². The molecule has 1 aromatic rings. The molecule has 2 N–H and O–H groups in total. The molecular formula is C16H23NO4. The van der Waals surface area contributed by atoms with Gasteiger partial charge in [0, 0.05) is 19.7 Å². The van der Waals surface area contributed by atoms with Crippen molar-refractivity contribution >= 4 is 5.97 Å². The lowest BCUT2D eigenvalue weighted by Crippen LogP contribution is -2.31. The van der Waals surface area contributed by atoms with Gasteiger partial charge in [-0.3, -0.25) is 0 Å². The van der Waals surface area contributed by atoms with Crippen molar-refractivity contribution in [2.75, 3.05) is 26.3 Å². The summed E-state index contributed by atoms with van der Waals surface area (Å²) in [5.41, 5.74) is 0.271. The Balaban J connectivity index is 1.62. The minimum absolute atomic E-state index is 0.271. The Morgan fingerprint density at radius 2 is 2.19 bits per heavy atom. The molecule has 1 aliphatic rings. The van der Waals surface area contributed by atoms with E-state index in [1.54, 1.807) is 24.3 Å². The Kier molecular flexibility index (Phi) is 6.02. The van der Waals surface area contributed by atoms with E-state index in [0.717, 1.165) is 32.5 Å². The fraction of sp³-hybridized carbons (Fsp3) is 0.562. The minimum Gasteiger partial charge on any atom is -0.492 e. The number of carboxylic acids is 1. The van der Waals surface area contributed by atoms with Crippen molar-refractivity contribution in [1.29, 1.82) is 0 Å². The van der Waals surface area contributed by atoms with E-state index in [1.165, 1.54) is 0 Å². The first-order valence-electron chi connectivity index (χ1n) is 7.49. The van der Waals surface area contributed by atoms with Gasteiger partial charge in [-0.2, -0.15) is 0 Å². The van der Waals surface area contributed by atoms with Crippen molar-refractivity contribution in [3.05, 3.63) is 29.8 Å². The van der Waals surface area contributed by atoms with Crippen LogP contribution in [-0.2, 0) is 4.74 Å². The van der Waals surface area contributed by atoms with Gasteiger partial charge in [0.05, 0.1) is 11.7 Å². The van der Waals surface area contributed by atoms with Crippen molar-refractivity contribution in [1.82, 2.24) is 5.32 Å². The summed E-state index contributed by atoms with van der Waals surface area (Å²) in [5.74, 6) is 0.370. The second-order valence-corrected chi connectivity index (χ2v) is 5.25. The molecule has 1 fully saturated rings. The molecule has 21 heavy (non-hydrogen) atoms. The molecule has 0 aromatic heterocycles. The van der Waals surface area contributed by atoms with E-state index in [1.807, 2.05) is 0 Å². The molecule has 0 amide bonds. The summed E-state index contributed by atoms with van der Waals surface area (Å²) in [5, 5.41) is 12.2. The van der Waals surface area contributed by atoms with Gasteiger partial charge in [-0.1, -0.05) is 6.92 Å². The van der Waals surface area contributed by atoms with Gasteiger partial charge in [0.25, 0.3) is 0 Å². The Labute approximate surface area is 125 Å². The molecule has 5 heteroatoms. The molecule has 1 heterocycles. The highest BCUT2D eigenvalue weighted by Gasteiger charge is 2.25. The normalized spacial score (nSPS) is 21.4. The monoisotopic (exact) mass is 293 g/mol. The molecule has 1 saturated heterocycles. The van der Waals surface area contributed by atoms with Gasteiger partial charge in [-0.25, -0.2) is 4.79 Å². The van der Waals surface area contributed by atoms with Gasteiger partial charge in [0.15, 0.2) is 0 Å². The van der Waals surface area contributed by atoms with Gasteiger partial charge >= 0.3 is 5.97 Å². The predicted molar refractivity (Wildman–Crippen MR) is 79.9 cm³/mol. The molecule has 0 aliphatic carbocycles. The van der Waals surface area contributed by atoms with Crippen LogP contribution in [0.1, 0.15) is 30.1 Å². The first-order valence-corrected chi connectivity index (χ1v) is 7.49. The van der Waals surface area contributed by atoms with Crippen LogP contribution in [0.2, 0.25) is 0 Å². The van der Waals surface area contributed by atoms with Crippen molar-refractivity contribution in [3.8, 4) is 5.75 Å². The minimum atomic E-state index is -0.924. The van der Waals surface area contributed by atoms with Crippen LogP contribution in [0.15, 0.2) is 24.3 Å². The maximum Gasteiger partial charge on any atom is 0.335 e. The Hall–Kier alpha value is -1.59. The number of aromatic carboxylic acids is 1. The van der Waals surface area contributed by atoms with Crippen LogP contribution in [-0.4, -0.2) is 43.5 Å². The fourth-order valence-electron chi connectivity index (χ4n) is 2.60. The van der Waals surface area contributed by atoms with Crippen LogP contribution < -0.4 is 10.1 Å². The first kappa shape index (κ1) is 15.8. The van der Waals surface area contributed by atoms with E-state index in [-0.39, 0.29) is 5.56 Å². The number of ether oxygens (including phenoxy) is 2. The molecule has 0 saturated carbocycles. The molecule has 2 atom stereocenters. The summed E-state index contributed by atoms with van der Waals surface area (Å²) in [6.45, 7) is 5.33. The molecule has 0 bridgehead atoms. The SMILES string of the molecule is CCC1OCCC1CNCCOc1ccc(C(=O)O)cc1. The predicted octanol–water partition coefficient (Wildman–Crippen LogP) is 2.17. The van der Waals surface area contributed by atoms with Crippen LogP contribution >= 0.6 is 0 Å². The number of hydrogen-bond acceptors (Lipinski definition) is 4. The zero-order valence-corrected chi connectivity index (χ0v) is 12.4. The van der Waals surface area contributed by atoms with Crippen LogP contribution in [0.5, 0.6) is 5.75 Å². The molecular weight excluding hydrogens is 270 g/mol. The second-order valence-electron chi connectivity index (χ2n) is 5.25. The summed E-state index contributed by atoms with van der Waals surface area (Å²) in [4.78, 5) is 10.7. The number of hydrogen-bond donors (Lipinski definition) is 2. The molecule has 1 aliphatic heterocycles. The van der Waals surface area contributed by atoms with Crippen molar-refractivity contribution in [3.63, 3.8) is 0 Å². The lowest BCUT2D eigenvalue weighted by atomic mass is 10.00. The third-order valence-corrected chi connectivity index (χ3v) is 3.80. The maximum absolute atomic E-state index is 10.7. The zero-order valence-electron chi connectivity index (χ0n) is 12.4. The largest absolute Gasteiger partial charge is 0.492 e. The quantitative estimate of drug-likeness (QED) is 0.719. The highest BCUT2D eigenvalue weighted by atomic mass is 16.5. The van der Waals surface area contributed by atoms with Crippen molar-refractivity contribution < 1.29 is 19.4 Å². The Morgan fingerprint density at radius 3 is 2.86 bits per heavy atom. The number of rotatable bonds is 8. The van der Waals surface area contributed by atoms with E-state index in [2.05, 4.69) is 12.2 Å². The molecule has 116 valence electrons. The standard InChI is InChI=1S/C16H23NO4/c1-2-15-13(7-9-21-15)11-17-8-10-20-14-5-3-12(4-6-14)16(18)19/h3-6,13,15,17H,2,7-11H2,1H3,(H,18,19). The van der Waals surface area contributed by atoms with Gasteiger partial charge < -0.3 is 19.9 Å². The summed E-state index contributed by atoms with van der Waals surface area (Å²) < 4.78 is 11.2. The summed E-state index contributed by atoms with van der Waals surface area (Å²) >= 11 is 0. The highest BCUT2D eigenvalue weighted by molar-refractivity contribution is 5.87. The third kappa shape index (κ3) is 4.72. The number of carbonyl (C=O) groups is 1. The average molecular weight is 293 g/mol. The highest BCUT2D eigenvalue weighted by Crippen LogP contribution is 2.22. The van der Waals surface area contributed by atoms with E-state index in [0.29, 0.717) is 24.4 Å². The van der Waals surface area contributed by atoms with Crippen molar-refractivity contribution in [2.24, 2.45) is 5.92 Å². The lowest BCUT2D eigenvalue weighted by molar-refractivity contribution is 0.0697. The summed E-state index contributed by atoms with van der Waals surface area (Å²) in [6.07, 6.45) is 2.59. The van der Waals surface area contributed by atoms with Crippen LogP contribution in [0, 0.1) is 5.92 Å². The topological polar surface area (TPSA) is 67.8 Å². The van der Waals surface area contributed by atoms with Gasteiger partial charge in [0.2, 0.25) is 0 Å². The maximum atomic E-state index is 10.7. The number of nitrogens with one attached hydrogen (secondary N) is 1. The zero-order chi connectivity index (χ0) is 15.1.